The zero-order valence-electron chi connectivity index (χ0n) is 16.3. The predicted molar refractivity (Wildman–Crippen MR) is 101 cm³/mol. The zero-order valence-corrected chi connectivity index (χ0v) is 16.3. The van der Waals surface area contributed by atoms with E-state index in [1.807, 2.05) is 6.92 Å². The molecule has 2 rings (SSSR count). The van der Waals surface area contributed by atoms with Crippen molar-refractivity contribution in [3.05, 3.63) is 0 Å². The molecule has 0 radical (unpaired) electrons. The fraction of sp³-hybridized carbons (Fsp3) is 0.900. The van der Waals surface area contributed by atoms with Gasteiger partial charge >= 0.3 is 6.09 Å². The van der Waals surface area contributed by atoms with Crippen LogP contribution in [0.5, 0.6) is 0 Å². The molecule has 0 bridgehead atoms. The zero-order chi connectivity index (χ0) is 18.9. The topological polar surface area (TPSA) is 87.7 Å². The number of alkyl carbamates (subject to hydrolysis) is 1. The minimum Gasteiger partial charge on any atom is -0.447 e. The van der Waals surface area contributed by atoms with Gasteiger partial charge in [-0.1, -0.05) is 6.92 Å². The second-order valence-electron chi connectivity index (χ2n) is 8.18. The van der Waals surface area contributed by atoms with E-state index in [9.17, 15) is 9.59 Å². The normalized spacial score (nSPS) is 30.3. The molecule has 0 aromatic carbocycles. The van der Waals surface area contributed by atoms with Crippen LogP contribution >= 0.6 is 0 Å². The van der Waals surface area contributed by atoms with Gasteiger partial charge in [0, 0.05) is 18.5 Å². The molecule has 0 spiro atoms. The minimum atomic E-state index is -0.623. The van der Waals surface area contributed by atoms with Gasteiger partial charge in [0.15, 0.2) is 0 Å². The summed E-state index contributed by atoms with van der Waals surface area (Å²) in [6.07, 6.45) is 9.83. The molecule has 1 atom stereocenters. The van der Waals surface area contributed by atoms with E-state index in [1.165, 1.54) is 19.3 Å². The Hall–Kier alpha value is -1.30. The van der Waals surface area contributed by atoms with Crippen LogP contribution in [0.15, 0.2) is 0 Å². The molecule has 2 fully saturated rings. The molecule has 3 N–H and O–H groups in total. The highest BCUT2D eigenvalue weighted by atomic mass is 16.6. The molecule has 6 nitrogen and oxygen atoms in total. The van der Waals surface area contributed by atoms with Gasteiger partial charge in [0.1, 0.15) is 6.61 Å². The second-order valence-corrected chi connectivity index (χ2v) is 8.18. The first-order chi connectivity index (χ1) is 12.5. The fourth-order valence-electron chi connectivity index (χ4n) is 4.29. The lowest BCUT2D eigenvalue weighted by atomic mass is 9.75. The Kier molecular flexibility index (Phi) is 8.69. The number of aliphatic hydroxyl groups excluding tert-OH is 1. The number of nitrogens with one attached hydrogen (secondary N) is 2. The molecule has 2 aliphatic rings. The van der Waals surface area contributed by atoms with Crippen molar-refractivity contribution in [1.29, 1.82) is 0 Å². The van der Waals surface area contributed by atoms with E-state index < -0.39 is 12.2 Å². The number of carbonyl (C=O) groups excluding carboxylic acids is 2. The molecule has 0 heterocycles. The van der Waals surface area contributed by atoms with Crippen LogP contribution in [-0.4, -0.2) is 41.9 Å². The summed E-state index contributed by atoms with van der Waals surface area (Å²) >= 11 is 0. The third-order valence-corrected chi connectivity index (χ3v) is 5.82. The van der Waals surface area contributed by atoms with Crippen molar-refractivity contribution in [2.45, 2.75) is 96.2 Å². The van der Waals surface area contributed by atoms with Gasteiger partial charge in [0.2, 0.25) is 5.91 Å². The number of hydrogen-bond donors (Lipinski definition) is 3. The van der Waals surface area contributed by atoms with Crippen LogP contribution in [0, 0.1) is 11.8 Å². The lowest BCUT2D eigenvalue weighted by molar-refractivity contribution is -0.121. The van der Waals surface area contributed by atoms with Gasteiger partial charge in [-0.15, -0.1) is 0 Å². The van der Waals surface area contributed by atoms with Crippen molar-refractivity contribution in [3.63, 3.8) is 0 Å². The van der Waals surface area contributed by atoms with Crippen LogP contribution in [0.25, 0.3) is 0 Å². The number of aliphatic hydroxyl groups is 1. The molecule has 26 heavy (non-hydrogen) atoms. The predicted octanol–water partition coefficient (Wildman–Crippen LogP) is 3.13. The van der Waals surface area contributed by atoms with Gasteiger partial charge in [-0.3, -0.25) is 4.79 Å². The van der Waals surface area contributed by atoms with Crippen molar-refractivity contribution in [1.82, 2.24) is 10.6 Å². The Labute approximate surface area is 157 Å². The summed E-state index contributed by atoms with van der Waals surface area (Å²) in [5, 5.41) is 15.2. The average molecular weight is 369 g/mol. The van der Waals surface area contributed by atoms with Crippen LogP contribution in [-0.2, 0) is 9.53 Å². The molecule has 150 valence electrons. The lowest BCUT2D eigenvalue weighted by Gasteiger charge is -2.34. The van der Waals surface area contributed by atoms with Gasteiger partial charge in [0.05, 0.1) is 6.10 Å². The standard InChI is InChI=1S/C20H36N2O4/c1-3-19(24)21-17-8-4-15(5-9-17)12-16-6-10-18(11-7-16)22-20(25)26-13-14(2)23/h14-18,23H,3-13H2,1-2H3,(H,21,24)(H,22,25). The fourth-order valence-corrected chi connectivity index (χ4v) is 4.29. The van der Waals surface area contributed by atoms with Gasteiger partial charge in [-0.25, -0.2) is 4.79 Å². The maximum Gasteiger partial charge on any atom is 0.407 e. The molecule has 6 heteroatoms. The lowest BCUT2D eigenvalue weighted by Crippen LogP contribution is -2.39. The SMILES string of the molecule is CCC(=O)NC1CCC(CC2CCC(NC(=O)OCC(C)O)CC2)CC1. The highest BCUT2D eigenvalue weighted by Crippen LogP contribution is 2.35. The second kappa shape index (κ2) is 10.8. The Bertz CT molecular complexity index is 439. The van der Waals surface area contributed by atoms with Crippen molar-refractivity contribution in [2.75, 3.05) is 6.61 Å². The number of amides is 2. The van der Waals surface area contributed by atoms with Gasteiger partial charge < -0.3 is 20.5 Å². The first-order valence-electron chi connectivity index (χ1n) is 10.4. The molecular formula is C20H36N2O4. The molecule has 0 aromatic heterocycles. The average Bonchev–Trinajstić information content (AvgIpc) is 2.63. The summed E-state index contributed by atoms with van der Waals surface area (Å²) in [6, 6.07) is 0.582. The highest BCUT2D eigenvalue weighted by molar-refractivity contribution is 5.75. The summed E-state index contributed by atoms with van der Waals surface area (Å²) in [7, 11) is 0. The maximum absolute atomic E-state index is 11.7. The van der Waals surface area contributed by atoms with Gasteiger partial charge in [-0.05, 0) is 76.5 Å². The van der Waals surface area contributed by atoms with Crippen molar-refractivity contribution >= 4 is 12.0 Å². The molecule has 1 unspecified atom stereocenters. The number of carbonyl (C=O) groups is 2. The molecule has 0 aliphatic heterocycles. The van der Waals surface area contributed by atoms with E-state index in [1.54, 1.807) is 6.92 Å². The molecule has 0 saturated heterocycles. The smallest absolute Gasteiger partial charge is 0.407 e. The molecule has 2 amide bonds. The highest BCUT2D eigenvalue weighted by Gasteiger charge is 2.28. The number of rotatable bonds is 7. The Morgan fingerprint density at radius 1 is 0.962 bits per heavy atom. The minimum absolute atomic E-state index is 0.0442. The first kappa shape index (κ1) is 21.0. The van der Waals surface area contributed by atoms with Crippen LogP contribution in [0.4, 0.5) is 4.79 Å². The summed E-state index contributed by atoms with van der Waals surface area (Å²) in [5.74, 6) is 1.72. The van der Waals surface area contributed by atoms with E-state index in [-0.39, 0.29) is 18.6 Å². The van der Waals surface area contributed by atoms with Crippen LogP contribution in [0.2, 0.25) is 0 Å². The maximum atomic E-state index is 11.7. The van der Waals surface area contributed by atoms with Crippen molar-refractivity contribution in [3.8, 4) is 0 Å². The molecule has 2 saturated carbocycles. The van der Waals surface area contributed by atoms with E-state index in [2.05, 4.69) is 10.6 Å². The van der Waals surface area contributed by atoms with E-state index in [0.29, 0.717) is 12.5 Å². The molecule has 0 aromatic rings. The largest absolute Gasteiger partial charge is 0.447 e. The summed E-state index contributed by atoms with van der Waals surface area (Å²) in [4.78, 5) is 23.2. The van der Waals surface area contributed by atoms with E-state index in [0.717, 1.165) is 50.4 Å². The summed E-state index contributed by atoms with van der Waals surface area (Å²) in [6.45, 7) is 3.55. The van der Waals surface area contributed by atoms with E-state index in [4.69, 9.17) is 9.84 Å². The Balaban J connectivity index is 1.59. The molecule has 2 aliphatic carbocycles. The van der Waals surface area contributed by atoms with Crippen LogP contribution in [0.3, 0.4) is 0 Å². The van der Waals surface area contributed by atoms with Crippen molar-refractivity contribution < 1.29 is 19.4 Å². The Morgan fingerprint density at radius 2 is 1.46 bits per heavy atom. The summed E-state index contributed by atoms with van der Waals surface area (Å²) in [5.41, 5.74) is 0. The van der Waals surface area contributed by atoms with Crippen LogP contribution in [0.1, 0.15) is 78.1 Å². The Morgan fingerprint density at radius 3 is 1.92 bits per heavy atom. The number of hydrogen-bond acceptors (Lipinski definition) is 4. The van der Waals surface area contributed by atoms with Crippen LogP contribution < -0.4 is 10.6 Å². The third-order valence-electron chi connectivity index (χ3n) is 5.82. The molecular weight excluding hydrogens is 332 g/mol. The van der Waals surface area contributed by atoms with E-state index >= 15 is 0 Å². The third kappa shape index (κ3) is 7.52. The van der Waals surface area contributed by atoms with Crippen molar-refractivity contribution in [2.24, 2.45) is 11.8 Å². The quantitative estimate of drug-likeness (QED) is 0.644. The first-order valence-corrected chi connectivity index (χ1v) is 10.4. The monoisotopic (exact) mass is 368 g/mol. The van der Waals surface area contributed by atoms with Gasteiger partial charge in [0.25, 0.3) is 0 Å². The van der Waals surface area contributed by atoms with Gasteiger partial charge in [-0.2, -0.15) is 0 Å². The number of ether oxygens (including phenoxy) is 1. The summed E-state index contributed by atoms with van der Waals surface area (Å²) < 4.78 is 4.97.